The lowest BCUT2D eigenvalue weighted by molar-refractivity contribution is -0.116. The van der Waals surface area contributed by atoms with Gasteiger partial charge in [0.25, 0.3) is 0 Å². The Hall–Kier alpha value is -3.31. The van der Waals surface area contributed by atoms with Crippen molar-refractivity contribution in [3.63, 3.8) is 0 Å². The van der Waals surface area contributed by atoms with E-state index in [9.17, 15) is 9.59 Å². The molecule has 0 fully saturated rings. The fourth-order valence-electron chi connectivity index (χ4n) is 2.59. The van der Waals surface area contributed by atoms with E-state index in [4.69, 9.17) is 16.3 Å². The Morgan fingerprint density at radius 2 is 1.50 bits per heavy atom. The first kappa shape index (κ1) is 19.5. The van der Waals surface area contributed by atoms with E-state index in [1.165, 1.54) is 6.92 Å². The van der Waals surface area contributed by atoms with Gasteiger partial charge < -0.3 is 15.4 Å². The summed E-state index contributed by atoms with van der Waals surface area (Å²) in [5.41, 5.74) is 2.08. The van der Waals surface area contributed by atoms with Crippen LogP contribution in [0.4, 0.5) is 11.4 Å². The van der Waals surface area contributed by atoms with Crippen LogP contribution in [0.5, 0.6) is 11.5 Å². The van der Waals surface area contributed by atoms with Crippen molar-refractivity contribution in [2.75, 3.05) is 10.6 Å². The summed E-state index contributed by atoms with van der Waals surface area (Å²) in [4.78, 5) is 23.5. The van der Waals surface area contributed by atoms with Gasteiger partial charge in [0.2, 0.25) is 11.8 Å². The maximum atomic E-state index is 12.5. The number of halogens is 1. The Morgan fingerprint density at radius 1 is 0.857 bits per heavy atom. The van der Waals surface area contributed by atoms with Crippen LogP contribution in [0.1, 0.15) is 12.5 Å². The monoisotopic (exact) mass is 394 g/mol. The van der Waals surface area contributed by atoms with Crippen molar-refractivity contribution in [2.45, 2.75) is 13.3 Å². The first-order chi connectivity index (χ1) is 13.5. The van der Waals surface area contributed by atoms with Crippen LogP contribution in [0, 0.1) is 0 Å². The number of hydrogen-bond donors (Lipinski definition) is 2. The minimum atomic E-state index is -0.178. The van der Waals surface area contributed by atoms with E-state index < -0.39 is 0 Å². The van der Waals surface area contributed by atoms with Crippen molar-refractivity contribution in [3.8, 4) is 11.5 Å². The number of carbonyl (C=O) groups excluding carboxylic acids is 2. The molecule has 142 valence electrons. The molecule has 5 nitrogen and oxygen atoms in total. The van der Waals surface area contributed by atoms with E-state index in [0.717, 1.165) is 5.56 Å². The van der Waals surface area contributed by atoms with Crippen LogP contribution in [-0.2, 0) is 16.0 Å². The van der Waals surface area contributed by atoms with Crippen molar-refractivity contribution in [1.82, 2.24) is 0 Å². The lowest BCUT2D eigenvalue weighted by Crippen LogP contribution is -2.15. The van der Waals surface area contributed by atoms with E-state index in [0.29, 0.717) is 27.9 Å². The Balaban J connectivity index is 1.67. The number of carbonyl (C=O) groups is 2. The Kier molecular flexibility index (Phi) is 6.29. The molecule has 0 aliphatic carbocycles. The van der Waals surface area contributed by atoms with Crippen molar-refractivity contribution in [1.29, 1.82) is 0 Å². The smallest absolute Gasteiger partial charge is 0.228 e. The van der Waals surface area contributed by atoms with Crippen molar-refractivity contribution in [3.05, 3.63) is 83.4 Å². The zero-order valence-corrected chi connectivity index (χ0v) is 16.0. The van der Waals surface area contributed by atoms with E-state index >= 15 is 0 Å². The predicted octanol–water partition coefficient (Wildman–Crippen LogP) is 5.27. The maximum absolute atomic E-state index is 12.5. The number of ether oxygens (including phenoxy) is 1. The van der Waals surface area contributed by atoms with Gasteiger partial charge in [-0.1, -0.05) is 48.0 Å². The Labute approximate surface area is 168 Å². The molecule has 3 aromatic rings. The summed E-state index contributed by atoms with van der Waals surface area (Å²) in [6.45, 7) is 1.45. The fraction of sp³-hybridized carbons (Fsp3) is 0.0909. The molecule has 0 heterocycles. The molecule has 0 atom stereocenters. The topological polar surface area (TPSA) is 67.4 Å². The van der Waals surface area contributed by atoms with Gasteiger partial charge in [0.05, 0.1) is 17.1 Å². The summed E-state index contributed by atoms with van der Waals surface area (Å²) in [6, 6.07) is 21.4. The van der Waals surface area contributed by atoms with Crippen molar-refractivity contribution < 1.29 is 14.3 Å². The summed E-state index contributed by atoms with van der Waals surface area (Å²) < 4.78 is 5.86. The predicted molar refractivity (Wildman–Crippen MR) is 111 cm³/mol. The lowest BCUT2D eigenvalue weighted by Gasteiger charge is -2.13. The molecule has 0 saturated carbocycles. The number of para-hydroxylation sites is 3. The van der Waals surface area contributed by atoms with E-state index in [1.807, 2.05) is 24.3 Å². The molecule has 0 bridgehead atoms. The second-order valence-electron chi connectivity index (χ2n) is 6.13. The highest BCUT2D eigenvalue weighted by molar-refractivity contribution is 6.32. The molecule has 0 aliphatic rings. The van der Waals surface area contributed by atoms with E-state index in [-0.39, 0.29) is 18.2 Å². The molecule has 0 saturated heterocycles. The van der Waals surface area contributed by atoms with Crippen molar-refractivity contribution >= 4 is 34.8 Å². The van der Waals surface area contributed by atoms with Gasteiger partial charge in [0.15, 0.2) is 5.75 Å². The molecular weight excluding hydrogens is 376 g/mol. The molecule has 0 aromatic heterocycles. The van der Waals surface area contributed by atoms with E-state index in [1.54, 1.807) is 48.5 Å². The third-order valence-electron chi connectivity index (χ3n) is 3.86. The molecular formula is C22H19ClN2O3. The fourth-order valence-corrected chi connectivity index (χ4v) is 2.77. The van der Waals surface area contributed by atoms with Crippen LogP contribution in [0.3, 0.4) is 0 Å². The molecule has 2 amide bonds. The van der Waals surface area contributed by atoms with Crippen LogP contribution >= 0.6 is 11.6 Å². The quantitative estimate of drug-likeness (QED) is 0.598. The number of rotatable bonds is 6. The minimum absolute atomic E-state index is 0.138. The molecule has 0 aliphatic heterocycles. The Morgan fingerprint density at radius 3 is 2.18 bits per heavy atom. The van der Waals surface area contributed by atoms with Crippen LogP contribution in [-0.4, -0.2) is 11.8 Å². The SMILES string of the molecule is CC(=O)Nc1ccc(CC(=O)Nc2ccccc2Oc2ccccc2Cl)cc1. The molecule has 28 heavy (non-hydrogen) atoms. The summed E-state index contributed by atoms with van der Waals surface area (Å²) in [7, 11) is 0. The highest BCUT2D eigenvalue weighted by Gasteiger charge is 2.11. The van der Waals surface area contributed by atoms with Crippen molar-refractivity contribution in [2.24, 2.45) is 0 Å². The van der Waals surface area contributed by atoms with Gasteiger partial charge in [0, 0.05) is 12.6 Å². The summed E-state index contributed by atoms with van der Waals surface area (Å²) in [5, 5.41) is 6.05. The largest absolute Gasteiger partial charge is 0.454 e. The number of benzene rings is 3. The first-order valence-corrected chi connectivity index (χ1v) is 9.07. The van der Waals surface area contributed by atoms with Gasteiger partial charge in [-0.3, -0.25) is 9.59 Å². The summed E-state index contributed by atoms with van der Waals surface area (Å²) in [5.74, 6) is 0.701. The van der Waals surface area contributed by atoms with Gasteiger partial charge in [-0.05, 0) is 42.0 Å². The average molecular weight is 395 g/mol. The lowest BCUT2D eigenvalue weighted by atomic mass is 10.1. The van der Waals surface area contributed by atoms with Crippen LogP contribution in [0.2, 0.25) is 5.02 Å². The Bertz CT molecular complexity index is 987. The maximum Gasteiger partial charge on any atom is 0.228 e. The highest BCUT2D eigenvalue weighted by Crippen LogP contribution is 2.33. The molecule has 3 rings (SSSR count). The molecule has 6 heteroatoms. The number of anilines is 2. The zero-order chi connectivity index (χ0) is 19.9. The van der Waals surface area contributed by atoms with Gasteiger partial charge in [-0.2, -0.15) is 0 Å². The third-order valence-corrected chi connectivity index (χ3v) is 4.17. The second-order valence-corrected chi connectivity index (χ2v) is 6.54. The highest BCUT2D eigenvalue weighted by atomic mass is 35.5. The van der Waals surface area contributed by atoms with Crippen LogP contribution in [0.15, 0.2) is 72.8 Å². The van der Waals surface area contributed by atoms with E-state index in [2.05, 4.69) is 10.6 Å². The summed E-state index contributed by atoms with van der Waals surface area (Å²) >= 11 is 6.15. The average Bonchev–Trinajstić information content (AvgIpc) is 2.66. The molecule has 2 N–H and O–H groups in total. The summed E-state index contributed by atoms with van der Waals surface area (Å²) in [6.07, 6.45) is 0.195. The van der Waals surface area contributed by atoms with Gasteiger partial charge in [-0.15, -0.1) is 0 Å². The third kappa shape index (κ3) is 5.34. The number of amides is 2. The molecule has 0 spiro atoms. The van der Waals surface area contributed by atoms with Gasteiger partial charge in [0.1, 0.15) is 5.75 Å². The number of nitrogens with one attached hydrogen (secondary N) is 2. The number of hydrogen-bond acceptors (Lipinski definition) is 3. The first-order valence-electron chi connectivity index (χ1n) is 8.69. The minimum Gasteiger partial charge on any atom is -0.454 e. The van der Waals surface area contributed by atoms with Crippen LogP contribution < -0.4 is 15.4 Å². The van der Waals surface area contributed by atoms with Gasteiger partial charge >= 0.3 is 0 Å². The molecule has 0 unspecified atom stereocenters. The normalized spacial score (nSPS) is 10.2. The standard InChI is InChI=1S/C22H19ClN2O3/c1-15(26)24-17-12-10-16(11-13-17)14-22(27)25-19-7-3-5-9-21(19)28-20-8-4-2-6-18(20)23/h2-13H,14H2,1H3,(H,24,26)(H,25,27). The zero-order valence-electron chi connectivity index (χ0n) is 15.2. The molecule has 3 aromatic carbocycles. The molecule has 0 radical (unpaired) electrons. The second kappa shape index (κ2) is 9.06. The van der Waals surface area contributed by atoms with Gasteiger partial charge in [-0.25, -0.2) is 0 Å². The van der Waals surface area contributed by atoms with Crippen LogP contribution in [0.25, 0.3) is 0 Å².